The summed E-state index contributed by atoms with van der Waals surface area (Å²) in [6, 6.07) is 5.54. The van der Waals surface area contributed by atoms with Crippen molar-refractivity contribution in [2.75, 3.05) is 0 Å². The lowest BCUT2D eigenvalue weighted by molar-refractivity contribution is -0.210. The average Bonchev–Trinajstić information content (AvgIpc) is 2.02. The van der Waals surface area contributed by atoms with Crippen LogP contribution < -0.4 is 4.74 Å². The molecule has 1 aromatic carbocycles. The highest BCUT2D eigenvalue weighted by molar-refractivity contribution is 9.10. The standard InChI is InChI=1S/C8H5BrF2O3/c9-5-2-1-3-6(4-5)14-8(10,11)7(12)13/h1-4H,(H,12,13). The molecule has 0 radical (unpaired) electrons. The maximum atomic E-state index is 12.5. The van der Waals surface area contributed by atoms with Crippen molar-refractivity contribution in [2.24, 2.45) is 0 Å². The Bertz CT molecular complexity index is 354. The predicted molar refractivity (Wildman–Crippen MR) is 47.4 cm³/mol. The molecule has 0 aliphatic heterocycles. The molecule has 0 heterocycles. The number of alkyl halides is 2. The number of hydrogen-bond donors (Lipinski definition) is 1. The van der Waals surface area contributed by atoms with E-state index in [-0.39, 0.29) is 5.75 Å². The van der Waals surface area contributed by atoms with Crippen molar-refractivity contribution in [3.63, 3.8) is 0 Å². The minimum Gasteiger partial charge on any atom is -0.474 e. The fourth-order valence-electron chi connectivity index (χ4n) is 0.722. The molecule has 0 saturated carbocycles. The molecule has 0 aliphatic carbocycles. The van der Waals surface area contributed by atoms with Crippen molar-refractivity contribution in [2.45, 2.75) is 6.11 Å². The molecular formula is C8H5BrF2O3. The van der Waals surface area contributed by atoms with Crippen LogP contribution >= 0.6 is 15.9 Å². The van der Waals surface area contributed by atoms with E-state index in [4.69, 9.17) is 5.11 Å². The monoisotopic (exact) mass is 266 g/mol. The molecule has 0 bridgehead atoms. The first-order valence-electron chi connectivity index (χ1n) is 3.47. The Hall–Kier alpha value is -1.17. The third-order valence-electron chi connectivity index (χ3n) is 1.29. The second-order valence-corrected chi connectivity index (χ2v) is 3.30. The van der Waals surface area contributed by atoms with Gasteiger partial charge in [-0.15, -0.1) is 0 Å². The highest BCUT2D eigenvalue weighted by Crippen LogP contribution is 2.24. The smallest absolute Gasteiger partial charge is 0.474 e. The van der Waals surface area contributed by atoms with Gasteiger partial charge in [0.25, 0.3) is 0 Å². The Kier molecular flexibility index (Phi) is 3.05. The third-order valence-corrected chi connectivity index (χ3v) is 1.78. The number of aliphatic carboxylic acids is 1. The Morgan fingerprint density at radius 3 is 2.64 bits per heavy atom. The van der Waals surface area contributed by atoms with Crippen LogP contribution in [-0.4, -0.2) is 17.2 Å². The molecule has 0 spiro atoms. The fourth-order valence-corrected chi connectivity index (χ4v) is 1.10. The van der Waals surface area contributed by atoms with Crippen LogP contribution in [0, 0.1) is 0 Å². The van der Waals surface area contributed by atoms with Gasteiger partial charge in [-0.3, -0.25) is 0 Å². The topological polar surface area (TPSA) is 46.5 Å². The molecule has 14 heavy (non-hydrogen) atoms. The Labute approximate surface area is 86.4 Å². The largest absolute Gasteiger partial charge is 0.501 e. The zero-order valence-electron chi connectivity index (χ0n) is 6.71. The number of hydrogen-bond acceptors (Lipinski definition) is 2. The molecule has 76 valence electrons. The quantitative estimate of drug-likeness (QED) is 0.915. The highest BCUT2D eigenvalue weighted by Gasteiger charge is 2.42. The van der Waals surface area contributed by atoms with Gasteiger partial charge >= 0.3 is 12.1 Å². The van der Waals surface area contributed by atoms with Crippen LogP contribution in [0.3, 0.4) is 0 Å². The third kappa shape index (κ3) is 2.66. The molecule has 0 aliphatic rings. The lowest BCUT2D eigenvalue weighted by atomic mass is 10.3. The van der Waals surface area contributed by atoms with Gasteiger partial charge in [0.2, 0.25) is 0 Å². The molecule has 0 amide bonds. The summed E-state index contributed by atoms with van der Waals surface area (Å²) in [5.41, 5.74) is 0. The van der Waals surface area contributed by atoms with E-state index < -0.39 is 12.1 Å². The summed E-state index contributed by atoms with van der Waals surface area (Å²) in [4.78, 5) is 10.0. The SMILES string of the molecule is O=C(O)C(F)(F)Oc1cccc(Br)c1. The highest BCUT2D eigenvalue weighted by atomic mass is 79.9. The number of benzene rings is 1. The predicted octanol–water partition coefficient (Wildman–Crippen LogP) is 2.51. The zero-order valence-corrected chi connectivity index (χ0v) is 8.29. The first-order valence-corrected chi connectivity index (χ1v) is 4.27. The van der Waals surface area contributed by atoms with Crippen molar-refractivity contribution in [1.82, 2.24) is 0 Å². The number of rotatable bonds is 3. The molecule has 6 heteroatoms. The van der Waals surface area contributed by atoms with Gasteiger partial charge in [-0.1, -0.05) is 22.0 Å². The number of halogens is 3. The molecule has 1 aromatic rings. The molecule has 0 aromatic heterocycles. The van der Waals surface area contributed by atoms with E-state index in [0.29, 0.717) is 4.47 Å². The molecule has 0 saturated heterocycles. The Morgan fingerprint density at radius 2 is 2.14 bits per heavy atom. The molecule has 0 atom stereocenters. The average molecular weight is 267 g/mol. The number of carboxylic acids is 1. The van der Waals surface area contributed by atoms with Crippen molar-refractivity contribution in [3.8, 4) is 5.75 Å². The van der Waals surface area contributed by atoms with Crippen LogP contribution in [0.5, 0.6) is 5.75 Å². The first kappa shape index (κ1) is 10.9. The van der Waals surface area contributed by atoms with Crippen LogP contribution in [-0.2, 0) is 4.79 Å². The minimum absolute atomic E-state index is 0.216. The van der Waals surface area contributed by atoms with Gasteiger partial charge in [-0.05, 0) is 18.2 Å². The molecule has 1 rings (SSSR count). The molecule has 0 unspecified atom stereocenters. The minimum atomic E-state index is -4.21. The summed E-state index contributed by atoms with van der Waals surface area (Å²) in [7, 11) is 0. The second kappa shape index (κ2) is 3.91. The van der Waals surface area contributed by atoms with Gasteiger partial charge in [0.15, 0.2) is 0 Å². The van der Waals surface area contributed by atoms with E-state index >= 15 is 0 Å². The lowest BCUT2D eigenvalue weighted by Gasteiger charge is -2.12. The van der Waals surface area contributed by atoms with Crippen molar-refractivity contribution in [1.29, 1.82) is 0 Å². The second-order valence-electron chi connectivity index (χ2n) is 2.38. The van der Waals surface area contributed by atoms with E-state index in [9.17, 15) is 13.6 Å². The van der Waals surface area contributed by atoms with Gasteiger partial charge in [0.05, 0.1) is 0 Å². The van der Waals surface area contributed by atoms with E-state index in [1.165, 1.54) is 18.2 Å². The van der Waals surface area contributed by atoms with Gasteiger partial charge in [0, 0.05) is 4.47 Å². The van der Waals surface area contributed by atoms with Crippen LogP contribution in [0.4, 0.5) is 8.78 Å². The summed E-state index contributed by atoms with van der Waals surface area (Å²) >= 11 is 3.03. The van der Waals surface area contributed by atoms with Gasteiger partial charge in [0.1, 0.15) is 5.75 Å². The van der Waals surface area contributed by atoms with E-state index in [1.54, 1.807) is 6.07 Å². The number of carboxylic acid groups (broad SMARTS) is 1. The van der Waals surface area contributed by atoms with E-state index in [2.05, 4.69) is 20.7 Å². The normalized spacial score (nSPS) is 11.1. The van der Waals surface area contributed by atoms with Gasteiger partial charge < -0.3 is 9.84 Å². The molecule has 1 N–H and O–H groups in total. The number of carbonyl (C=O) groups is 1. The Morgan fingerprint density at radius 1 is 1.50 bits per heavy atom. The molecule has 3 nitrogen and oxygen atoms in total. The zero-order chi connectivity index (χ0) is 10.8. The summed E-state index contributed by atoms with van der Waals surface area (Å²) in [5, 5.41) is 8.09. The number of ether oxygens (including phenoxy) is 1. The summed E-state index contributed by atoms with van der Waals surface area (Å²) in [5.74, 6) is -2.54. The maximum Gasteiger partial charge on any atom is 0.501 e. The summed E-state index contributed by atoms with van der Waals surface area (Å²) in [6.07, 6.45) is -4.21. The van der Waals surface area contributed by atoms with Crippen LogP contribution in [0.15, 0.2) is 28.7 Å². The van der Waals surface area contributed by atoms with Crippen molar-refractivity contribution in [3.05, 3.63) is 28.7 Å². The van der Waals surface area contributed by atoms with Gasteiger partial charge in [-0.2, -0.15) is 8.78 Å². The summed E-state index contributed by atoms with van der Waals surface area (Å²) in [6.45, 7) is 0. The van der Waals surface area contributed by atoms with Crippen LogP contribution in [0.25, 0.3) is 0 Å². The van der Waals surface area contributed by atoms with Gasteiger partial charge in [-0.25, -0.2) is 4.79 Å². The van der Waals surface area contributed by atoms with Crippen molar-refractivity contribution < 1.29 is 23.4 Å². The molecular weight excluding hydrogens is 262 g/mol. The molecule has 0 fully saturated rings. The Balaban J connectivity index is 2.83. The van der Waals surface area contributed by atoms with Crippen molar-refractivity contribution >= 4 is 21.9 Å². The van der Waals surface area contributed by atoms with E-state index in [0.717, 1.165) is 0 Å². The fraction of sp³-hybridized carbons (Fsp3) is 0.125. The summed E-state index contributed by atoms with van der Waals surface area (Å²) < 4.78 is 29.6. The first-order chi connectivity index (χ1) is 6.42. The van der Waals surface area contributed by atoms with Crippen LogP contribution in [0.1, 0.15) is 0 Å². The van der Waals surface area contributed by atoms with E-state index in [1.807, 2.05) is 0 Å². The van der Waals surface area contributed by atoms with Crippen LogP contribution in [0.2, 0.25) is 0 Å². The lowest BCUT2D eigenvalue weighted by Crippen LogP contribution is -2.34. The maximum absolute atomic E-state index is 12.5.